The number of hydrogen-bond acceptors (Lipinski definition) is 2. The molecular formula is C11H14N2O2. The maximum absolute atomic E-state index is 10.6. The first kappa shape index (κ1) is 9.83. The molecule has 0 spiro atoms. The van der Waals surface area contributed by atoms with Gasteiger partial charge in [-0.3, -0.25) is 0 Å². The highest BCUT2D eigenvalue weighted by Crippen LogP contribution is 2.25. The summed E-state index contributed by atoms with van der Waals surface area (Å²) in [7, 11) is 1.98. The number of fused-ring (bicyclic) bond motifs is 1. The van der Waals surface area contributed by atoms with E-state index >= 15 is 0 Å². The Balaban J connectivity index is 2.19. The van der Waals surface area contributed by atoms with E-state index in [4.69, 9.17) is 5.11 Å². The Hall–Kier alpha value is -1.71. The highest BCUT2D eigenvalue weighted by Gasteiger charge is 2.22. The van der Waals surface area contributed by atoms with E-state index in [-0.39, 0.29) is 6.04 Å². The molecule has 1 aliphatic rings. The first-order valence-corrected chi connectivity index (χ1v) is 4.95. The molecule has 80 valence electrons. The molecule has 0 radical (unpaired) electrons. The monoisotopic (exact) mass is 206 g/mol. The second kappa shape index (κ2) is 3.81. The SMILES string of the molecule is CN1C[C@H](NC(=O)O)Cc2ccccc21. The maximum atomic E-state index is 10.6. The summed E-state index contributed by atoms with van der Waals surface area (Å²) in [6, 6.07) is 8.08. The Morgan fingerprint density at radius 1 is 1.53 bits per heavy atom. The van der Waals surface area contributed by atoms with Crippen LogP contribution in [0, 0.1) is 0 Å². The van der Waals surface area contributed by atoms with Gasteiger partial charge in [0.15, 0.2) is 0 Å². The quantitative estimate of drug-likeness (QED) is 0.728. The van der Waals surface area contributed by atoms with Crippen molar-refractivity contribution in [2.45, 2.75) is 12.5 Å². The lowest BCUT2D eigenvalue weighted by atomic mass is 9.98. The molecule has 4 heteroatoms. The smallest absolute Gasteiger partial charge is 0.404 e. The number of nitrogens with zero attached hydrogens (tertiary/aromatic N) is 1. The minimum absolute atomic E-state index is 0.0117. The van der Waals surface area contributed by atoms with Crippen molar-refractivity contribution in [3.63, 3.8) is 0 Å². The zero-order chi connectivity index (χ0) is 10.8. The predicted octanol–water partition coefficient (Wildman–Crippen LogP) is 1.32. The average molecular weight is 206 g/mol. The molecule has 1 amide bonds. The summed E-state index contributed by atoms with van der Waals surface area (Å²) >= 11 is 0. The van der Waals surface area contributed by atoms with E-state index < -0.39 is 6.09 Å². The average Bonchev–Trinajstić information content (AvgIpc) is 2.16. The van der Waals surface area contributed by atoms with Gasteiger partial charge in [0.05, 0.1) is 6.04 Å². The van der Waals surface area contributed by atoms with E-state index in [1.54, 1.807) is 0 Å². The number of carboxylic acid groups (broad SMARTS) is 1. The second-order valence-electron chi connectivity index (χ2n) is 3.86. The molecule has 0 bridgehead atoms. The van der Waals surface area contributed by atoms with E-state index in [0.29, 0.717) is 0 Å². The first-order chi connectivity index (χ1) is 7.16. The lowest BCUT2D eigenvalue weighted by Crippen LogP contribution is -2.46. The van der Waals surface area contributed by atoms with Crippen molar-refractivity contribution >= 4 is 11.8 Å². The van der Waals surface area contributed by atoms with Gasteiger partial charge in [0.1, 0.15) is 0 Å². The van der Waals surface area contributed by atoms with Crippen LogP contribution in [0.25, 0.3) is 0 Å². The van der Waals surface area contributed by atoms with Crippen molar-refractivity contribution in [1.82, 2.24) is 5.32 Å². The van der Waals surface area contributed by atoms with Crippen LogP contribution in [0.15, 0.2) is 24.3 Å². The number of rotatable bonds is 1. The third-order valence-corrected chi connectivity index (χ3v) is 2.69. The van der Waals surface area contributed by atoms with E-state index in [2.05, 4.69) is 16.3 Å². The van der Waals surface area contributed by atoms with E-state index in [1.165, 1.54) is 11.3 Å². The van der Waals surface area contributed by atoms with Gasteiger partial charge >= 0.3 is 6.09 Å². The van der Waals surface area contributed by atoms with Crippen LogP contribution >= 0.6 is 0 Å². The summed E-state index contributed by atoms with van der Waals surface area (Å²) in [5, 5.41) is 11.2. The summed E-state index contributed by atoms with van der Waals surface area (Å²) in [6.07, 6.45) is -0.180. The summed E-state index contributed by atoms with van der Waals surface area (Å²) in [5.74, 6) is 0. The van der Waals surface area contributed by atoms with Gasteiger partial charge in [-0.2, -0.15) is 0 Å². The zero-order valence-corrected chi connectivity index (χ0v) is 8.60. The minimum Gasteiger partial charge on any atom is -0.465 e. The number of nitrogens with one attached hydrogen (secondary N) is 1. The highest BCUT2D eigenvalue weighted by molar-refractivity contribution is 5.66. The number of benzene rings is 1. The van der Waals surface area contributed by atoms with Crippen LogP contribution in [-0.4, -0.2) is 30.8 Å². The van der Waals surface area contributed by atoms with Crippen LogP contribution in [0.1, 0.15) is 5.56 Å². The molecule has 0 unspecified atom stereocenters. The lowest BCUT2D eigenvalue weighted by molar-refractivity contribution is 0.189. The molecule has 1 aromatic carbocycles. The fourth-order valence-electron chi connectivity index (χ4n) is 2.09. The maximum Gasteiger partial charge on any atom is 0.404 e. The van der Waals surface area contributed by atoms with Crippen LogP contribution in [0.2, 0.25) is 0 Å². The van der Waals surface area contributed by atoms with E-state index in [0.717, 1.165) is 13.0 Å². The molecule has 4 nitrogen and oxygen atoms in total. The Bertz CT molecular complexity index is 379. The van der Waals surface area contributed by atoms with Crippen LogP contribution in [0.5, 0.6) is 0 Å². The molecule has 1 heterocycles. The fraction of sp³-hybridized carbons (Fsp3) is 0.364. The molecule has 1 aromatic rings. The normalized spacial score (nSPS) is 19.5. The molecule has 0 saturated carbocycles. The molecule has 0 saturated heterocycles. The molecule has 1 aliphatic heterocycles. The predicted molar refractivity (Wildman–Crippen MR) is 58.4 cm³/mol. The topological polar surface area (TPSA) is 52.6 Å². The van der Waals surface area contributed by atoms with E-state index in [1.807, 2.05) is 25.2 Å². The van der Waals surface area contributed by atoms with Gasteiger partial charge in [0.25, 0.3) is 0 Å². The number of likely N-dealkylation sites (N-methyl/N-ethyl adjacent to an activating group) is 1. The van der Waals surface area contributed by atoms with Gasteiger partial charge in [-0.15, -0.1) is 0 Å². The Kier molecular flexibility index (Phi) is 2.49. The molecular weight excluding hydrogens is 192 g/mol. The largest absolute Gasteiger partial charge is 0.465 e. The van der Waals surface area contributed by atoms with Crippen LogP contribution in [0.3, 0.4) is 0 Å². The summed E-state index contributed by atoms with van der Waals surface area (Å²) in [5.41, 5.74) is 2.39. The van der Waals surface area contributed by atoms with Gasteiger partial charge < -0.3 is 15.3 Å². The lowest BCUT2D eigenvalue weighted by Gasteiger charge is -2.33. The Morgan fingerprint density at radius 2 is 2.27 bits per heavy atom. The molecule has 0 aliphatic carbocycles. The highest BCUT2D eigenvalue weighted by atomic mass is 16.4. The van der Waals surface area contributed by atoms with Crippen molar-refractivity contribution in [1.29, 1.82) is 0 Å². The van der Waals surface area contributed by atoms with Crippen molar-refractivity contribution < 1.29 is 9.90 Å². The van der Waals surface area contributed by atoms with Gasteiger partial charge in [0, 0.05) is 19.3 Å². The molecule has 0 aromatic heterocycles. The van der Waals surface area contributed by atoms with Crippen molar-refractivity contribution in [2.75, 3.05) is 18.5 Å². The second-order valence-corrected chi connectivity index (χ2v) is 3.86. The molecule has 15 heavy (non-hydrogen) atoms. The van der Waals surface area contributed by atoms with Crippen LogP contribution < -0.4 is 10.2 Å². The number of carbonyl (C=O) groups is 1. The van der Waals surface area contributed by atoms with Gasteiger partial charge in [0.2, 0.25) is 0 Å². The third kappa shape index (κ3) is 2.03. The molecule has 1 atom stereocenters. The number of hydrogen-bond donors (Lipinski definition) is 2. The minimum atomic E-state index is -0.951. The third-order valence-electron chi connectivity index (χ3n) is 2.69. The summed E-state index contributed by atoms with van der Waals surface area (Å²) in [4.78, 5) is 12.6. The van der Waals surface area contributed by atoms with Crippen LogP contribution in [-0.2, 0) is 6.42 Å². The number of anilines is 1. The van der Waals surface area contributed by atoms with Crippen molar-refractivity contribution in [3.05, 3.63) is 29.8 Å². The first-order valence-electron chi connectivity index (χ1n) is 4.95. The Labute approximate surface area is 88.5 Å². The summed E-state index contributed by atoms with van der Waals surface area (Å²) in [6.45, 7) is 0.726. The number of amides is 1. The summed E-state index contributed by atoms with van der Waals surface area (Å²) < 4.78 is 0. The van der Waals surface area contributed by atoms with Crippen molar-refractivity contribution in [2.24, 2.45) is 0 Å². The van der Waals surface area contributed by atoms with Crippen molar-refractivity contribution in [3.8, 4) is 0 Å². The standard InChI is InChI=1S/C11H14N2O2/c1-13-7-9(12-11(14)15)6-8-4-2-3-5-10(8)13/h2-5,9,12H,6-7H2,1H3,(H,14,15)/t9-/m1/s1. The van der Waals surface area contributed by atoms with Gasteiger partial charge in [-0.05, 0) is 18.1 Å². The van der Waals surface area contributed by atoms with Gasteiger partial charge in [-0.25, -0.2) is 4.79 Å². The van der Waals surface area contributed by atoms with E-state index in [9.17, 15) is 4.79 Å². The Morgan fingerprint density at radius 3 is 3.00 bits per heavy atom. The number of para-hydroxylation sites is 1. The molecule has 2 N–H and O–H groups in total. The molecule has 2 rings (SSSR count). The van der Waals surface area contributed by atoms with Crippen LogP contribution in [0.4, 0.5) is 10.5 Å². The zero-order valence-electron chi connectivity index (χ0n) is 8.60. The molecule has 0 fully saturated rings. The van der Waals surface area contributed by atoms with Gasteiger partial charge in [-0.1, -0.05) is 18.2 Å². The fourth-order valence-corrected chi connectivity index (χ4v) is 2.09.